The number of fused-ring (bicyclic) bond motifs is 1. The van der Waals surface area contributed by atoms with E-state index in [1.165, 1.54) is 5.56 Å². The van der Waals surface area contributed by atoms with Crippen molar-refractivity contribution in [2.24, 2.45) is 0 Å². The number of carbonyl (C=O) groups excluding carboxylic acids is 2. The molecule has 0 aliphatic carbocycles. The summed E-state index contributed by atoms with van der Waals surface area (Å²) in [5.74, 6) is -0.135. The maximum atomic E-state index is 12.8. The summed E-state index contributed by atoms with van der Waals surface area (Å²) < 4.78 is 0. The first kappa shape index (κ1) is 16.1. The van der Waals surface area contributed by atoms with E-state index in [2.05, 4.69) is 10.6 Å². The number of hydrogen-bond acceptors (Lipinski definition) is 3. The van der Waals surface area contributed by atoms with Crippen LogP contribution in [0.3, 0.4) is 0 Å². The zero-order chi connectivity index (χ0) is 17.1. The number of rotatable bonds is 3. The van der Waals surface area contributed by atoms with Gasteiger partial charge in [0.15, 0.2) is 0 Å². The Kier molecular flexibility index (Phi) is 4.51. The number of para-hydroxylation sites is 2. The van der Waals surface area contributed by atoms with Crippen molar-refractivity contribution in [2.75, 3.05) is 22.1 Å². The van der Waals surface area contributed by atoms with E-state index in [4.69, 9.17) is 0 Å². The molecule has 1 heterocycles. The van der Waals surface area contributed by atoms with Crippen molar-refractivity contribution in [3.8, 4) is 0 Å². The van der Waals surface area contributed by atoms with E-state index in [9.17, 15) is 9.59 Å². The minimum absolute atomic E-state index is 0.0629. The maximum absolute atomic E-state index is 12.8. The fourth-order valence-electron chi connectivity index (χ4n) is 2.90. The molecule has 2 amide bonds. The van der Waals surface area contributed by atoms with E-state index in [1.54, 1.807) is 4.90 Å². The Morgan fingerprint density at radius 2 is 1.92 bits per heavy atom. The number of nitrogens with one attached hydrogen (secondary N) is 2. The SMILES string of the molecule is Cc1ccc(NCC(=O)N2c3ccccc3NC(=O)CC2C)cc1. The van der Waals surface area contributed by atoms with Crippen LogP contribution in [0.2, 0.25) is 0 Å². The quantitative estimate of drug-likeness (QED) is 0.912. The van der Waals surface area contributed by atoms with E-state index in [0.717, 1.165) is 11.4 Å². The maximum Gasteiger partial charge on any atom is 0.246 e. The predicted molar refractivity (Wildman–Crippen MR) is 96.3 cm³/mol. The van der Waals surface area contributed by atoms with Crippen LogP contribution in [0, 0.1) is 6.92 Å². The molecule has 0 spiro atoms. The van der Waals surface area contributed by atoms with Gasteiger partial charge in [-0.15, -0.1) is 0 Å². The lowest BCUT2D eigenvalue weighted by molar-refractivity contribution is -0.118. The van der Waals surface area contributed by atoms with Gasteiger partial charge in [0, 0.05) is 18.2 Å². The molecule has 0 saturated carbocycles. The van der Waals surface area contributed by atoms with Crippen LogP contribution in [0.1, 0.15) is 18.9 Å². The van der Waals surface area contributed by atoms with Crippen molar-refractivity contribution in [1.29, 1.82) is 0 Å². The van der Waals surface area contributed by atoms with Gasteiger partial charge in [0.05, 0.1) is 17.9 Å². The number of anilines is 3. The van der Waals surface area contributed by atoms with Crippen LogP contribution < -0.4 is 15.5 Å². The van der Waals surface area contributed by atoms with Crippen LogP contribution in [-0.2, 0) is 9.59 Å². The number of amides is 2. The minimum atomic E-state index is -0.194. The first-order valence-electron chi connectivity index (χ1n) is 8.06. The van der Waals surface area contributed by atoms with Gasteiger partial charge >= 0.3 is 0 Å². The Morgan fingerprint density at radius 1 is 1.21 bits per heavy atom. The molecule has 0 aromatic heterocycles. The third-order valence-electron chi connectivity index (χ3n) is 4.12. The van der Waals surface area contributed by atoms with Crippen molar-refractivity contribution in [1.82, 2.24) is 0 Å². The normalized spacial score (nSPS) is 16.8. The summed E-state index contributed by atoms with van der Waals surface area (Å²) in [6, 6.07) is 15.1. The van der Waals surface area contributed by atoms with Gasteiger partial charge in [-0.25, -0.2) is 0 Å². The summed E-state index contributed by atoms with van der Waals surface area (Å²) in [7, 11) is 0. The van der Waals surface area contributed by atoms with Gasteiger partial charge < -0.3 is 15.5 Å². The highest BCUT2D eigenvalue weighted by Gasteiger charge is 2.29. The Hall–Kier alpha value is -2.82. The average molecular weight is 323 g/mol. The molecule has 5 nitrogen and oxygen atoms in total. The second-order valence-electron chi connectivity index (χ2n) is 6.10. The standard InChI is InChI=1S/C19H21N3O2/c1-13-7-9-15(10-8-13)20-12-19(24)22-14(2)11-18(23)21-16-5-3-4-6-17(16)22/h3-10,14,20H,11-12H2,1-2H3,(H,21,23). The summed E-state index contributed by atoms with van der Waals surface area (Å²) in [4.78, 5) is 26.5. The molecule has 1 atom stereocenters. The van der Waals surface area contributed by atoms with Crippen LogP contribution in [-0.4, -0.2) is 24.4 Å². The lowest BCUT2D eigenvalue weighted by Crippen LogP contribution is -2.42. The fourth-order valence-corrected chi connectivity index (χ4v) is 2.90. The molecule has 1 unspecified atom stereocenters. The molecule has 2 N–H and O–H groups in total. The van der Waals surface area contributed by atoms with E-state index in [0.29, 0.717) is 5.69 Å². The van der Waals surface area contributed by atoms with Gasteiger partial charge in [0.1, 0.15) is 0 Å². The van der Waals surface area contributed by atoms with Crippen molar-refractivity contribution in [2.45, 2.75) is 26.3 Å². The largest absolute Gasteiger partial charge is 0.376 e. The molecule has 124 valence electrons. The van der Waals surface area contributed by atoms with Gasteiger partial charge in [-0.05, 0) is 38.1 Å². The van der Waals surface area contributed by atoms with E-state index >= 15 is 0 Å². The molecular weight excluding hydrogens is 302 g/mol. The highest BCUT2D eigenvalue weighted by atomic mass is 16.2. The molecule has 3 rings (SSSR count). The van der Waals surface area contributed by atoms with Crippen molar-refractivity contribution >= 4 is 28.9 Å². The molecule has 0 fully saturated rings. The topological polar surface area (TPSA) is 61.4 Å². The summed E-state index contributed by atoms with van der Waals surface area (Å²) in [5.41, 5.74) is 3.49. The molecule has 2 aromatic carbocycles. The van der Waals surface area contributed by atoms with Gasteiger partial charge in [-0.1, -0.05) is 29.8 Å². The molecule has 2 aromatic rings. The first-order chi connectivity index (χ1) is 11.5. The van der Waals surface area contributed by atoms with Gasteiger partial charge in [-0.2, -0.15) is 0 Å². The zero-order valence-corrected chi connectivity index (χ0v) is 13.9. The molecule has 1 aliphatic heterocycles. The minimum Gasteiger partial charge on any atom is -0.376 e. The highest BCUT2D eigenvalue weighted by molar-refractivity contribution is 6.05. The molecule has 0 saturated heterocycles. The van der Waals surface area contributed by atoms with Crippen LogP contribution in [0.15, 0.2) is 48.5 Å². The third-order valence-corrected chi connectivity index (χ3v) is 4.12. The van der Waals surface area contributed by atoms with Gasteiger partial charge in [-0.3, -0.25) is 9.59 Å². The first-order valence-corrected chi connectivity index (χ1v) is 8.06. The highest BCUT2D eigenvalue weighted by Crippen LogP contribution is 2.31. The lowest BCUT2D eigenvalue weighted by Gasteiger charge is -2.28. The second-order valence-corrected chi connectivity index (χ2v) is 6.10. The Morgan fingerprint density at radius 3 is 2.67 bits per heavy atom. The van der Waals surface area contributed by atoms with Crippen molar-refractivity contribution in [3.63, 3.8) is 0 Å². The number of carbonyl (C=O) groups is 2. The zero-order valence-electron chi connectivity index (χ0n) is 13.9. The summed E-state index contributed by atoms with van der Waals surface area (Å²) in [5, 5.41) is 6.02. The average Bonchev–Trinajstić information content (AvgIpc) is 2.68. The van der Waals surface area contributed by atoms with Crippen molar-refractivity contribution in [3.05, 3.63) is 54.1 Å². The molecule has 24 heavy (non-hydrogen) atoms. The van der Waals surface area contributed by atoms with Gasteiger partial charge in [0.2, 0.25) is 11.8 Å². The molecule has 0 radical (unpaired) electrons. The van der Waals surface area contributed by atoms with Crippen LogP contribution >= 0.6 is 0 Å². The monoisotopic (exact) mass is 323 g/mol. The van der Waals surface area contributed by atoms with E-state index < -0.39 is 0 Å². The third kappa shape index (κ3) is 3.40. The number of aryl methyl sites for hydroxylation is 1. The summed E-state index contributed by atoms with van der Waals surface area (Å²) in [6.45, 7) is 4.09. The number of nitrogens with zero attached hydrogens (tertiary/aromatic N) is 1. The predicted octanol–water partition coefficient (Wildman–Crippen LogP) is 3.17. The van der Waals surface area contributed by atoms with Crippen molar-refractivity contribution < 1.29 is 9.59 Å². The lowest BCUT2D eigenvalue weighted by atomic mass is 10.1. The number of benzene rings is 2. The molecule has 1 aliphatic rings. The second kappa shape index (κ2) is 6.74. The Balaban J connectivity index is 1.79. The van der Waals surface area contributed by atoms with E-state index in [1.807, 2.05) is 62.4 Å². The van der Waals surface area contributed by atoms with Crippen LogP contribution in [0.4, 0.5) is 17.1 Å². The fraction of sp³-hybridized carbons (Fsp3) is 0.263. The molecular formula is C19H21N3O2. The molecule has 0 bridgehead atoms. The smallest absolute Gasteiger partial charge is 0.246 e. The Bertz CT molecular complexity index is 755. The molecule has 5 heteroatoms. The summed E-state index contributed by atoms with van der Waals surface area (Å²) in [6.07, 6.45) is 0.283. The van der Waals surface area contributed by atoms with E-state index in [-0.39, 0.29) is 30.8 Å². The van der Waals surface area contributed by atoms with Gasteiger partial charge in [0.25, 0.3) is 0 Å². The number of hydrogen-bond donors (Lipinski definition) is 2. The Labute approximate surface area is 141 Å². The van der Waals surface area contributed by atoms with Crippen LogP contribution in [0.25, 0.3) is 0 Å². The van der Waals surface area contributed by atoms with Crippen LogP contribution in [0.5, 0.6) is 0 Å². The summed E-state index contributed by atoms with van der Waals surface area (Å²) >= 11 is 0.